The third kappa shape index (κ3) is 3.98. The Kier molecular flexibility index (Phi) is 5.94. The number of ether oxygens (including phenoxy) is 2. The molecule has 0 aliphatic carbocycles. The van der Waals surface area contributed by atoms with Crippen molar-refractivity contribution in [1.82, 2.24) is 0 Å². The molecule has 0 aliphatic heterocycles. The van der Waals surface area contributed by atoms with E-state index in [4.69, 9.17) is 13.9 Å². The number of hydrogen-bond donors (Lipinski definition) is 0. The largest absolute Gasteiger partial charge is 0.496 e. The molecule has 2 aromatic carbocycles. The van der Waals surface area contributed by atoms with Gasteiger partial charge in [0.15, 0.2) is 5.43 Å². The van der Waals surface area contributed by atoms with Gasteiger partial charge in [0.05, 0.1) is 25.5 Å². The van der Waals surface area contributed by atoms with Crippen LogP contribution in [0.3, 0.4) is 0 Å². The Hall–Kier alpha value is -3.34. The average Bonchev–Trinajstić information content (AvgIpc) is 2.71. The maximum Gasteiger partial charge on any atom is 0.310 e. The maximum atomic E-state index is 12.9. The van der Waals surface area contributed by atoms with E-state index in [0.717, 1.165) is 5.56 Å². The number of fused-ring (bicyclic) bond motifs is 1. The van der Waals surface area contributed by atoms with Gasteiger partial charge in [0.2, 0.25) is 0 Å². The number of esters is 1. The molecular formula is C23H22O5. The van der Waals surface area contributed by atoms with Gasteiger partial charge in [0.25, 0.3) is 0 Å². The Morgan fingerprint density at radius 2 is 1.86 bits per heavy atom. The lowest BCUT2D eigenvalue weighted by atomic mass is 10.0. The topological polar surface area (TPSA) is 65.7 Å². The van der Waals surface area contributed by atoms with Gasteiger partial charge >= 0.3 is 5.97 Å². The van der Waals surface area contributed by atoms with Crippen LogP contribution >= 0.6 is 0 Å². The third-order valence-corrected chi connectivity index (χ3v) is 4.46. The second-order valence-electron chi connectivity index (χ2n) is 6.27. The molecule has 0 amide bonds. The number of hydrogen-bond acceptors (Lipinski definition) is 5. The van der Waals surface area contributed by atoms with E-state index in [2.05, 4.69) is 0 Å². The van der Waals surface area contributed by atoms with Crippen molar-refractivity contribution in [2.45, 2.75) is 20.3 Å². The van der Waals surface area contributed by atoms with Crippen molar-refractivity contribution in [2.75, 3.05) is 13.7 Å². The summed E-state index contributed by atoms with van der Waals surface area (Å²) in [4.78, 5) is 24.9. The molecule has 144 valence electrons. The number of methoxy groups -OCH3 is 1. The average molecular weight is 378 g/mol. The van der Waals surface area contributed by atoms with Gasteiger partial charge in [-0.25, -0.2) is 0 Å². The first-order chi connectivity index (χ1) is 13.5. The summed E-state index contributed by atoms with van der Waals surface area (Å²) in [7, 11) is 1.51. The normalized spacial score (nSPS) is 11.1. The van der Waals surface area contributed by atoms with E-state index in [-0.39, 0.29) is 18.5 Å². The summed E-state index contributed by atoms with van der Waals surface area (Å²) < 4.78 is 16.5. The summed E-state index contributed by atoms with van der Waals surface area (Å²) in [5.74, 6) is 0.517. The Bertz CT molecular complexity index is 1080. The molecule has 5 heteroatoms. The molecule has 5 nitrogen and oxygen atoms in total. The quantitative estimate of drug-likeness (QED) is 0.595. The van der Waals surface area contributed by atoms with Gasteiger partial charge in [0.1, 0.15) is 17.1 Å². The zero-order valence-corrected chi connectivity index (χ0v) is 16.2. The molecule has 0 bridgehead atoms. The Morgan fingerprint density at radius 3 is 2.54 bits per heavy atom. The van der Waals surface area contributed by atoms with Crippen LogP contribution in [-0.4, -0.2) is 19.7 Å². The van der Waals surface area contributed by atoms with E-state index < -0.39 is 5.97 Å². The molecule has 0 fully saturated rings. The Morgan fingerprint density at radius 1 is 1.11 bits per heavy atom. The molecule has 0 unspecified atom stereocenters. The highest BCUT2D eigenvalue weighted by Gasteiger charge is 2.19. The smallest absolute Gasteiger partial charge is 0.310 e. The minimum atomic E-state index is -0.405. The predicted molar refractivity (Wildman–Crippen MR) is 109 cm³/mol. The van der Waals surface area contributed by atoms with E-state index in [0.29, 0.717) is 33.6 Å². The first kappa shape index (κ1) is 19.4. The van der Waals surface area contributed by atoms with Crippen molar-refractivity contribution in [3.05, 3.63) is 75.1 Å². The van der Waals surface area contributed by atoms with Gasteiger partial charge < -0.3 is 13.9 Å². The summed E-state index contributed by atoms with van der Waals surface area (Å²) in [6.45, 7) is 3.75. The molecule has 0 aliphatic rings. The first-order valence-electron chi connectivity index (χ1n) is 9.07. The number of benzene rings is 2. The van der Waals surface area contributed by atoms with Crippen LogP contribution in [0.2, 0.25) is 0 Å². The monoisotopic (exact) mass is 378 g/mol. The molecule has 0 saturated heterocycles. The minimum absolute atomic E-state index is 0.0395. The Labute approximate surface area is 163 Å². The van der Waals surface area contributed by atoms with Crippen molar-refractivity contribution in [3.8, 4) is 5.75 Å². The van der Waals surface area contributed by atoms with Crippen molar-refractivity contribution in [3.63, 3.8) is 0 Å². The van der Waals surface area contributed by atoms with Gasteiger partial charge in [-0.2, -0.15) is 0 Å². The Balaban J connectivity index is 2.16. The van der Waals surface area contributed by atoms with Crippen molar-refractivity contribution < 1.29 is 18.7 Å². The highest BCUT2D eigenvalue weighted by Crippen LogP contribution is 2.29. The highest BCUT2D eigenvalue weighted by molar-refractivity contribution is 5.88. The summed E-state index contributed by atoms with van der Waals surface area (Å²) in [6.07, 6.45) is 3.60. The van der Waals surface area contributed by atoms with E-state index in [9.17, 15) is 9.59 Å². The van der Waals surface area contributed by atoms with Crippen LogP contribution in [0, 0.1) is 6.92 Å². The van der Waals surface area contributed by atoms with Crippen LogP contribution in [0.5, 0.6) is 5.75 Å². The second-order valence-corrected chi connectivity index (χ2v) is 6.27. The van der Waals surface area contributed by atoms with E-state index >= 15 is 0 Å². The molecule has 28 heavy (non-hydrogen) atoms. The minimum Gasteiger partial charge on any atom is -0.496 e. The fraction of sp³-hybridized carbons (Fsp3) is 0.217. The van der Waals surface area contributed by atoms with E-state index in [1.807, 2.05) is 36.4 Å². The zero-order valence-electron chi connectivity index (χ0n) is 16.2. The van der Waals surface area contributed by atoms with Gasteiger partial charge in [0, 0.05) is 11.1 Å². The summed E-state index contributed by atoms with van der Waals surface area (Å²) in [5.41, 5.74) is 2.20. The third-order valence-electron chi connectivity index (χ3n) is 4.46. The number of rotatable bonds is 6. The number of carbonyl (C=O) groups is 1. The van der Waals surface area contributed by atoms with Crippen molar-refractivity contribution >= 4 is 29.1 Å². The number of carbonyl (C=O) groups excluding carboxylic acids is 1. The fourth-order valence-electron chi connectivity index (χ4n) is 3.02. The first-order valence-corrected chi connectivity index (χ1v) is 9.07. The van der Waals surface area contributed by atoms with E-state index in [1.54, 1.807) is 32.1 Å². The SMILES string of the molecule is CCOC(=O)Cc1c(OC)ccc2c(=O)c(C)c(/C=C/c3ccccc3)oc12. The van der Waals surface area contributed by atoms with Crippen LogP contribution in [0.1, 0.15) is 29.4 Å². The predicted octanol–water partition coefficient (Wildman–Crippen LogP) is 4.39. The van der Waals surface area contributed by atoms with E-state index in [1.165, 1.54) is 7.11 Å². The standard InChI is InChI=1S/C23H22O5/c1-4-27-21(24)14-18-20(26-3)13-11-17-22(25)15(2)19(28-23(17)18)12-10-16-8-6-5-7-9-16/h5-13H,4,14H2,1-3H3/b12-10+. The molecule has 0 saturated carbocycles. The van der Waals surface area contributed by atoms with Crippen molar-refractivity contribution in [2.24, 2.45) is 0 Å². The fourth-order valence-corrected chi connectivity index (χ4v) is 3.02. The molecule has 0 atom stereocenters. The van der Waals surface area contributed by atoms with Crippen LogP contribution in [-0.2, 0) is 16.0 Å². The molecule has 0 spiro atoms. The van der Waals surface area contributed by atoms with Crippen LogP contribution in [0.15, 0.2) is 51.7 Å². The zero-order chi connectivity index (χ0) is 20.1. The van der Waals surface area contributed by atoms with Crippen LogP contribution in [0.4, 0.5) is 0 Å². The molecular weight excluding hydrogens is 356 g/mol. The summed E-state index contributed by atoms with van der Waals surface area (Å²) in [5, 5.41) is 0.412. The highest BCUT2D eigenvalue weighted by atomic mass is 16.5. The van der Waals surface area contributed by atoms with Gasteiger partial charge in [-0.05, 0) is 37.6 Å². The lowest BCUT2D eigenvalue weighted by molar-refractivity contribution is -0.142. The van der Waals surface area contributed by atoms with Gasteiger partial charge in [-0.1, -0.05) is 36.4 Å². The molecule has 0 N–H and O–H groups in total. The molecule has 3 aromatic rings. The molecule has 1 aromatic heterocycles. The maximum absolute atomic E-state index is 12.9. The van der Waals surface area contributed by atoms with Crippen molar-refractivity contribution in [1.29, 1.82) is 0 Å². The molecule has 3 rings (SSSR count). The van der Waals surface area contributed by atoms with Crippen LogP contribution < -0.4 is 10.2 Å². The summed E-state index contributed by atoms with van der Waals surface area (Å²) in [6, 6.07) is 13.1. The second kappa shape index (κ2) is 8.57. The lowest BCUT2D eigenvalue weighted by Crippen LogP contribution is -2.12. The summed E-state index contributed by atoms with van der Waals surface area (Å²) >= 11 is 0. The molecule has 0 radical (unpaired) electrons. The van der Waals surface area contributed by atoms with Gasteiger partial charge in [-0.3, -0.25) is 9.59 Å². The lowest BCUT2D eigenvalue weighted by Gasteiger charge is -2.12. The van der Waals surface area contributed by atoms with Crippen LogP contribution in [0.25, 0.3) is 23.1 Å². The van der Waals surface area contributed by atoms with Gasteiger partial charge in [-0.15, -0.1) is 0 Å². The molecule has 1 heterocycles.